The third-order valence-electron chi connectivity index (χ3n) is 4.28. The Morgan fingerprint density at radius 3 is 2.68 bits per heavy atom. The van der Waals surface area contributed by atoms with Gasteiger partial charge < -0.3 is 15.5 Å². The van der Waals surface area contributed by atoms with Gasteiger partial charge in [0.05, 0.1) is 12.1 Å². The van der Waals surface area contributed by atoms with Gasteiger partial charge in [0.15, 0.2) is 5.96 Å². The van der Waals surface area contributed by atoms with Gasteiger partial charge in [-0.25, -0.2) is 0 Å². The Labute approximate surface area is 114 Å². The minimum absolute atomic E-state index is 0.0618. The topological polar surface area (TPSA) is 44.9 Å². The first-order valence-electron chi connectivity index (χ1n) is 6.96. The monoisotopic (exact) mass is 258 g/mol. The summed E-state index contributed by atoms with van der Waals surface area (Å²) < 4.78 is 0. The molecular formula is C15H22N4. The van der Waals surface area contributed by atoms with Crippen LogP contribution in [0.15, 0.2) is 29.3 Å². The maximum Gasteiger partial charge on any atom is 0.196 e. The molecule has 0 radical (unpaired) electrons. The van der Waals surface area contributed by atoms with Gasteiger partial charge in [-0.2, -0.15) is 0 Å². The number of guanidine groups is 1. The predicted molar refractivity (Wildman–Crippen MR) is 79.6 cm³/mol. The van der Waals surface area contributed by atoms with Crippen LogP contribution in [0.4, 0.5) is 5.69 Å². The Morgan fingerprint density at radius 1 is 1.26 bits per heavy atom. The molecule has 1 unspecified atom stereocenters. The van der Waals surface area contributed by atoms with Gasteiger partial charge in [0.25, 0.3) is 0 Å². The Morgan fingerprint density at radius 2 is 2.00 bits per heavy atom. The average molecular weight is 258 g/mol. The van der Waals surface area contributed by atoms with Crippen molar-refractivity contribution >= 4 is 11.6 Å². The lowest BCUT2D eigenvalue weighted by atomic mass is 9.88. The molecule has 0 aromatic heterocycles. The summed E-state index contributed by atoms with van der Waals surface area (Å²) in [6.07, 6.45) is 2.37. The molecule has 19 heavy (non-hydrogen) atoms. The number of piperidine rings is 1. The summed E-state index contributed by atoms with van der Waals surface area (Å²) >= 11 is 0. The quantitative estimate of drug-likeness (QED) is 0.832. The van der Waals surface area contributed by atoms with Crippen molar-refractivity contribution in [2.75, 3.05) is 31.6 Å². The number of aryl methyl sites for hydroxylation is 1. The number of likely N-dealkylation sites (tertiary alicyclic amines) is 1. The third kappa shape index (κ3) is 2.10. The van der Waals surface area contributed by atoms with Gasteiger partial charge in [-0.3, -0.25) is 4.99 Å². The molecule has 1 aromatic carbocycles. The second-order valence-corrected chi connectivity index (χ2v) is 5.91. The number of nitrogens with two attached hydrogens (primary N) is 1. The Kier molecular flexibility index (Phi) is 2.97. The highest BCUT2D eigenvalue weighted by molar-refractivity contribution is 5.98. The fourth-order valence-corrected chi connectivity index (χ4v) is 3.36. The number of aliphatic imine (C=N–C) groups is 1. The van der Waals surface area contributed by atoms with Crippen molar-refractivity contribution in [1.29, 1.82) is 0 Å². The number of hydrogen-bond acceptors (Lipinski definition) is 4. The van der Waals surface area contributed by atoms with E-state index in [0.29, 0.717) is 5.96 Å². The van der Waals surface area contributed by atoms with Gasteiger partial charge in [0, 0.05) is 12.2 Å². The van der Waals surface area contributed by atoms with Crippen LogP contribution < -0.4 is 10.6 Å². The van der Waals surface area contributed by atoms with Gasteiger partial charge in [0.2, 0.25) is 0 Å². The molecule has 1 spiro atoms. The fourth-order valence-electron chi connectivity index (χ4n) is 3.36. The maximum atomic E-state index is 6.16. The molecule has 2 aliphatic heterocycles. The molecular weight excluding hydrogens is 236 g/mol. The molecule has 4 heteroatoms. The zero-order valence-corrected chi connectivity index (χ0v) is 11.8. The normalized spacial score (nSPS) is 27.9. The van der Waals surface area contributed by atoms with Crippen LogP contribution in [0.3, 0.4) is 0 Å². The van der Waals surface area contributed by atoms with Gasteiger partial charge in [-0.1, -0.05) is 17.7 Å². The molecule has 2 N–H and O–H groups in total. The predicted octanol–water partition coefficient (Wildman–Crippen LogP) is 1.59. The molecule has 2 heterocycles. The van der Waals surface area contributed by atoms with Crippen molar-refractivity contribution in [3.8, 4) is 0 Å². The third-order valence-corrected chi connectivity index (χ3v) is 4.28. The van der Waals surface area contributed by atoms with Crippen LogP contribution in [0, 0.1) is 6.92 Å². The molecule has 0 amide bonds. The second kappa shape index (κ2) is 4.53. The van der Waals surface area contributed by atoms with Gasteiger partial charge >= 0.3 is 0 Å². The Bertz CT molecular complexity index is 493. The molecule has 1 saturated heterocycles. The molecule has 1 fully saturated rings. The van der Waals surface area contributed by atoms with Crippen LogP contribution in [0.1, 0.15) is 18.4 Å². The molecule has 4 nitrogen and oxygen atoms in total. The van der Waals surface area contributed by atoms with Crippen molar-refractivity contribution < 1.29 is 0 Å². The highest BCUT2D eigenvalue weighted by atomic mass is 15.4. The average Bonchev–Trinajstić information content (AvgIpc) is 2.68. The SMILES string of the molecule is Cc1ccc(N2C(N)=NCC23CCCN(C)C3)cc1. The molecule has 1 atom stereocenters. The van der Waals surface area contributed by atoms with E-state index in [1.54, 1.807) is 0 Å². The minimum Gasteiger partial charge on any atom is -0.369 e. The largest absolute Gasteiger partial charge is 0.369 e. The smallest absolute Gasteiger partial charge is 0.196 e. The van der Waals surface area contributed by atoms with Crippen molar-refractivity contribution in [1.82, 2.24) is 4.90 Å². The van der Waals surface area contributed by atoms with Crippen LogP contribution in [-0.4, -0.2) is 43.1 Å². The Balaban J connectivity index is 1.96. The lowest BCUT2D eigenvalue weighted by molar-refractivity contribution is 0.191. The first-order valence-corrected chi connectivity index (χ1v) is 6.96. The van der Waals surface area contributed by atoms with Gasteiger partial charge in [-0.15, -0.1) is 0 Å². The summed E-state index contributed by atoms with van der Waals surface area (Å²) in [5.41, 5.74) is 8.66. The Hall–Kier alpha value is -1.55. The van der Waals surface area contributed by atoms with E-state index in [-0.39, 0.29) is 5.54 Å². The number of rotatable bonds is 1. The molecule has 102 valence electrons. The maximum absolute atomic E-state index is 6.16. The minimum atomic E-state index is 0.0618. The number of benzene rings is 1. The first kappa shape index (κ1) is 12.5. The van der Waals surface area contributed by atoms with Crippen molar-refractivity contribution in [3.63, 3.8) is 0 Å². The van der Waals surface area contributed by atoms with Crippen LogP contribution in [0.5, 0.6) is 0 Å². The van der Waals surface area contributed by atoms with Crippen molar-refractivity contribution in [2.45, 2.75) is 25.3 Å². The summed E-state index contributed by atoms with van der Waals surface area (Å²) in [7, 11) is 2.18. The zero-order chi connectivity index (χ0) is 13.5. The number of likely N-dealkylation sites (N-methyl/N-ethyl adjacent to an activating group) is 1. The molecule has 3 rings (SSSR count). The van der Waals surface area contributed by atoms with Gasteiger partial charge in [-0.05, 0) is 45.5 Å². The van der Waals surface area contributed by atoms with Gasteiger partial charge in [0.1, 0.15) is 0 Å². The van der Waals surface area contributed by atoms with Crippen LogP contribution in [-0.2, 0) is 0 Å². The lowest BCUT2D eigenvalue weighted by Crippen LogP contribution is -2.60. The van der Waals surface area contributed by atoms with Crippen molar-refractivity contribution in [2.24, 2.45) is 10.7 Å². The molecule has 1 aromatic rings. The summed E-state index contributed by atoms with van der Waals surface area (Å²) in [6.45, 7) is 5.13. The molecule has 2 aliphatic rings. The molecule has 0 aliphatic carbocycles. The van der Waals surface area contributed by atoms with E-state index in [9.17, 15) is 0 Å². The van der Waals surface area contributed by atoms with Crippen LogP contribution >= 0.6 is 0 Å². The number of anilines is 1. The lowest BCUT2D eigenvalue weighted by Gasteiger charge is -2.45. The van der Waals surface area contributed by atoms with Crippen LogP contribution in [0.25, 0.3) is 0 Å². The van der Waals surface area contributed by atoms with Crippen LogP contribution in [0.2, 0.25) is 0 Å². The standard InChI is InChI=1S/C15H22N4/c1-12-4-6-13(7-5-12)19-14(16)17-10-15(19)8-3-9-18(2)11-15/h4-7H,3,8-11H2,1-2H3,(H2,16,17). The highest BCUT2D eigenvalue weighted by Gasteiger charge is 2.45. The van der Waals surface area contributed by atoms with E-state index in [1.807, 2.05) is 0 Å². The zero-order valence-electron chi connectivity index (χ0n) is 11.8. The summed E-state index contributed by atoms with van der Waals surface area (Å²) in [4.78, 5) is 9.16. The fraction of sp³-hybridized carbons (Fsp3) is 0.533. The van der Waals surface area contributed by atoms with E-state index >= 15 is 0 Å². The first-order chi connectivity index (χ1) is 9.11. The number of nitrogens with zero attached hydrogens (tertiary/aromatic N) is 3. The van der Waals surface area contributed by atoms with E-state index < -0.39 is 0 Å². The summed E-state index contributed by atoms with van der Waals surface area (Å²) in [5.74, 6) is 0.666. The molecule has 0 saturated carbocycles. The summed E-state index contributed by atoms with van der Waals surface area (Å²) in [6, 6.07) is 8.58. The number of hydrogen-bond donors (Lipinski definition) is 1. The molecule has 0 bridgehead atoms. The van der Waals surface area contributed by atoms with E-state index in [4.69, 9.17) is 5.73 Å². The second-order valence-electron chi connectivity index (χ2n) is 5.91. The van der Waals surface area contributed by atoms with E-state index in [0.717, 1.165) is 19.5 Å². The van der Waals surface area contributed by atoms with Crippen molar-refractivity contribution in [3.05, 3.63) is 29.8 Å². The van der Waals surface area contributed by atoms with E-state index in [2.05, 4.69) is 53.0 Å². The highest BCUT2D eigenvalue weighted by Crippen LogP contribution is 2.35. The summed E-state index contributed by atoms with van der Waals surface area (Å²) in [5, 5.41) is 0. The van der Waals surface area contributed by atoms with E-state index in [1.165, 1.54) is 24.2 Å².